The van der Waals surface area contributed by atoms with E-state index in [-0.39, 0.29) is 23.5 Å². The largest absolute Gasteiger partial charge is 0.573 e. The Kier molecular flexibility index (Phi) is 6.22. The van der Waals surface area contributed by atoms with Gasteiger partial charge < -0.3 is 9.84 Å². The summed E-state index contributed by atoms with van der Waals surface area (Å²) in [5.74, 6) is -2.06. The van der Waals surface area contributed by atoms with Gasteiger partial charge in [-0.2, -0.15) is 4.80 Å². The highest BCUT2D eigenvalue weighted by atomic mass is 32.2. The van der Waals surface area contributed by atoms with Gasteiger partial charge in [-0.15, -0.1) is 23.4 Å². The molecule has 172 valence electrons. The van der Waals surface area contributed by atoms with Crippen molar-refractivity contribution in [3.05, 3.63) is 59.4 Å². The summed E-state index contributed by atoms with van der Waals surface area (Å²) in [6.07, 6.45) is -4.93. The number of sulfonamides is 1. The molecule has 0 unspecified atom stereocenters. The number of tetrazole rings is 1. The van der Waals surface area contributed by atoms with E-state index in [0.717, 1.165) is 23.0 Å². The monoisotopic (exact) mass is 475 g/mol. The first-order chi connectivity index (χ1) is 14.7. The summed E-state index contributed by atoms with van der Waals surface area (Å²) in [5.41, 5.74) is -1.37. The molecule has 32 heavy (non-hydrogen) atoms. The Morgan fingerprint density at radius 1 is 1.19 bits per heavy atom. The normalized spacial score (nSPS) is 14.2. The second-order valence-electron chi connectivity index (χ2n) is 7.11. The summed E-state index contributed by atoms with van der Waals surface area (Å²) in [4.78, 5) is 0.959. The third kappa shape index (κ3) is 6.21. The van der Waals surface area contributed by atoms with Crippen LogP contribution in [0.3, 0.4) is 0 Å². The molecule has 3 N–H and O–H groups in total. The van der Waals surface area contributed by atoms with Crippen molar-refractivity contribution in [2.75, 3.05) is 5.75 Å². The number of ether oxygens (including phenoxy) is 1. The van der Waals surface area contributed by atoms with Crippen LogP contribution in [0.1, 0.15) is 18.1 Å². The maximum Gasteiger partial charge on any atom is 0.573 e. The van der Waals surface area contributed by atoms with Gasteiger partial charge in [0.05, 0.1) is 12.3 Å². The van der Waals surface area contributed by atoms with Crippen LogP contribution >= 0.6 is 0 Å². The lowest BCUT2D eigenvalue weighted by molar-refractivity contribution is -0.274. The first-order valence-electron chi connectivity index (χ1n) is 8.88. The average Bonchev–Trinajstić information content (AvgIpc) is 3.10. The van der Waals surface area contributed by atoms with Gasteiger partial charge in [0.2, 0.25) is 15.8 Å². The first-order valence-corrected chi connectivity index (χ1v) is 10.6. The predicted molar refractivity (Wildman–Crippen MR) is 103 cm³/mol. The van der Waals surface area contributed by atoms with Crippen molar-refractivity contribution in [1.29, 1.82) is 0 Å². The summed E-state index contributed by atoms with van der Waals surface area (Å²) in [7, 11) is -3.97. The number of aliphatic hydroxyl groups is 1. The van der Waals surface area contributed by atoms with Crippen molar-refractivity contribution in [2.45, 2.75) is 25.4 Å². The maximum atomic E-state index is 14.0. The zero-order chi connectivity index (χ0) is 23.7. The van der Waals surface area contributed by atoms with E-state index in [1.165, 1.54) is 25.1 Å². The molecule has 0 aliphatic carbocycles. The number of alkyl halides is 3. The van der Waals surface area contributed by atoms with Crippen molar-refractivity contribution < 1.29 is 35.8 Å². The number of halogens is 4. The smallest absolute Gasteiger partial charge is 0.406 e. The molecule has 9 nitrogen and oxygen atoms in total. The minimum absolute atomic E-state index is 0.0568. The highest BCUT2D eigenvalue weighted by Crippen LogP contribution is 2.27. The predicted octanol–water partition coefficient (Wildman–Crippen LogP) is 1.92. The van der Waals surface area contributed by atoms with Crippen LogP contribution in [0.2, 0.25) is 0 Å². The second-order valence-corrected chi connectivity index (χ2v) is 8.72. The lowest BCUT2D eigenvalue weighted by Crippen LogP contribution is -2.34. The lowest BCUT2D eigenvalue weighted by Gasteiger charge is -2.22. The van der Waals surface area contributed by atoms with Crippen LogP contribution < -0.4 is 9.88 Å². The molecule has 0 fully saturated rings. The van der Waals surface area contributed by atoms with Crippen LogP contribution in [0.25, 0.3) is 11.4 Å². The molecule has 14 heteroatoms. The Bertz CT molecular complexity index is 1230. The third-order valence-corrected chi connectivity index (χ3v) is 5.20. The van der Waals surface area contributed by atoms with Gasteiger partial charge >= 0.3 is 6.36 Å². The first kappa shape index (κ1) is 23.6. The van der Waals surface area contributed by atoms with Crippen molar-refractivity contribution in [1.82, 2.24) is 20.2 Å². The van der Waals surface area contributed by atoms with E-state index in [9.17, 15) is 31.1 Å². The Labute approximate surface area is 179 Å². The number of hydrogen-bond acceptors (Lipinski definition) is 7. The van der Waals surface area contributed by atoms with Crippen molar-refractivity contribution >= 4 is 10.0 Å². The molecule has 0 saturated heterocycles. The fraction of sp³-hybridized carbons (Fsp3) is 0.278. The van der Waals surface area contributed by atoms with Gasteiger partial charge in [-0.05, 0) is 42.0 Å². The third-order valence-electron chi connectivity index (χ3n) is 4.24. The second kappa shape index (κ2) is 8.44. The zero-order valence-corrected chi connectivity index (χ0v) is 17.2. The van der Waals surface area contributed by atoms with Crippen molar-refractivity contribution in [3.63, 3.8) is 0 Å². The summed E-state index contributed by atoms with van der Waals surface area (Å²) in [6, 6.07) is 8.55. The van der Waals surface area contributed by atoms with E-state index in [0.29, 0.717) is 5.56 Å². The van der Waals surface area contributed by atoms with Crippen molar-refractivity contribution in [3.8, 4) is 17.1 Å². The molecule has 0 saturated carbocycles. The molecule has 2 aromatic carbocycles. The molecule has 0 bridgehead atoms. The average molecular weight is 475 g/mol. The van der Waals surface area contributed by atoms with E-state index in [1.54, 1.807) is 6.07 Å². The van der Waals surface area contributed by atoms with E-state index in [2.05, 4.69) is 20.1 Å². The highest BCUT2D eigenvalue weighted by Gasteiger charge is 2.31. The van der Waals surface area contributed by atoms with Gasteiger partial charge in [0.1, 0.15) is 17.2 Å². The Morgan fingerprint density at radius 2 is 1.91 bits per heavy atom. The van der Waals surface area contributed by atoms with Crippen molar-refractivity contribution in [2.24, 2.45) is 5.14 Å². The van der Waals surface area contributed by atoms with Gasteiger partial charge in [-0.3, -0.25) is 0 Å². The quantitative estimate of drug-likeness (QED) is 0.499. The molecule has 0 aliphatic heterocycles. The standard InChI is InChI=1S/C18H17F4N5O4S/c1-17(28,10-32(23,29)30)13-4-2-3-11(7-13)16-24-26-27(25-16)9-12-8-14(5-6-15(12)19)31-18(20,21)22/h2-8,28H,9-10H2,1H3,(H2,23,29,30)/t17-/m1/s1. The Hall–Kier alpha value is -3.10. The van der Waals surface area contributed by atoms with Gasteiger partial charge in [0.25, 0.3) is 0 Å². The van der Waals surface area contributed by atoms with Gasteiger partial charge in [-0.25, -0.2) is 17.9 Å². The molecule has 3 aromatic rings. The number of benzene rings is 2. The van der Waals surface area contributed by atoms with Crippen LogP contribution in [-0.4, -0.2) is 45.8 Å². The minimum Gasteiger partial charge on any atom is -0.406 e. The highest BCUT2D eigenvalue weighted by molar-refractivity contribution is 7.89. The van der Waals surface area contributed by atoms with Crippen LogP contribution in [0.15, 0.2) is 42.5 Å². The zero-order valence-electron chi connectivity index (χ0n) is 16.4. The van der Waals surface area contributed by atoms with Crippen LogP contribution in [0, 0.1) is 5.82 Å². The lowest BCUT2D eigenvalue weighted by atomic mass is 9.96. The topological polar surface area (TPSA) is 133 Å². The fourth-order valence-corrected chi connectivity index (χ4v) is 3.87. The van der Waals surface area contributed by atoms with Crippen LogP contribution in [0.4, 0.5) is 17.6 Å². The number of primary sulfonamides is 1. The van der Waals surface area contributed by atoms with Gasteiger partial charge in [-0.1, -0.05) is 18.2 Å². The van der Waals surface area contributed by atoms with Crippen LogP contribution in [-0.2, 0) is 22.2 Å². The summed E-state index contributed by atoms with van der Waals surface area (Å²) in [6.45, 7) is 0.941. The van der Waals surface area contributed by atoms with E-state index >= 15 is 0 Å². The molecule has 3 rings (SSSR count). The number of nitrogens with two attached hydrogens (primary N) is 1. The summed E-state index contributed by atoms with van der Waals surface area (Å²) >= 11 is 0. The van der Waals surface area contributed by atoms with E-state index < -0.39 is 39.3 Å². The molecular formula is C18H17F4N5O4S. The molecule has 1 heterocycles. The number of rotatable bonds is 7. The molecule has 1 aromatic heterocycles. The minimum atomic E-state index is -4.93. The molecule has 1 atom stereocenters. The maximum absolute atomic E-state index is 14.0. The molecule has 0 amide bonds. The molecule has 0 radical (unpaired) electrons. The Balaban J connectivity index is 1.84. The number of hydrogen-bond donors (Lipinski definition) is 2. The molecule has 0 spiro atoms. The van der Waals surface area contributed by atoms with Gasteiger partial charge in [0, 0.05) is 11.1 Å². The van der Waals surface area contributed by atoms with Crippen LogP contribution in [0.5, 0.6) is 5.75 Å². The number of nitrogens with zero attached hydrogens (tertiary/aromatic N) is 4. The molecular weight excluding hydrogens is 458 g/mol. The summed E-state index contributed by atoms with van der Waals surface area (Å²) < 4.78 is 77.7. The Morgan fingerprint density at radius 3 is 2.56 bits per heavy atom. The molecule has 0 aliphatic rings. The number of aromatic nitrogens is 4. The van der Waals surface area contributed by atoms with Gasteiger partial charge in [0.15, 0.2) is 0 Å². The van der Waals surface area contributed by atoms with E-state index in [4.69, 9.17) is 5.14 Å². The van der Waals surface area contributed by atoms with E-state index in [1.807, 2.05) is 0 Å². The summed E-state index contributed by atoms with van der Waals surface area (Å²) in [5, 5.41) is 27.1. The fourth-order valence-electron chi connectivity index (χ4n) is 2.92. The SMILES string of the molecule is C[C@@](O)(CS(N)(=O)=O)c1cccc(-c2nnn(Cc3cc(OC(F)(F)F)ccc3F)n2)c1.